The first-order chi connectivity index (χ1) is 9.20. The molecule has 19 heavy (non-hydrogen) atoms. The maximum atomic E-state index is 11.4. The number of nitrogens with one attached hydrogen (secondary N) is 2. The van der Waals surface area contributed by atoms with Crippen molar-refractivity contribution in [2.45, 2.75) is 0 Å². The van der Waals surface area contributed by atoms with Gasteiger partial charge in [-0.25, -0.2) is 4.98 Å². The second-order valence-electron chi connectivity index (χ2n) is 3.72. The number of hydrogen-bond donors (Lipinski definition) is 2. The number of carbonyl (C=O) groups is 1. The van der Waals surface area contributed by atoms with Crippen LogP contribution >= 0.6 is 11.6 Å². The smallest absolute Gasteiger partial charge is 0.308 e. The van der Waals surface area contributed by atoms with Gasteiger partial charge in [0.15, 0.2) is 0 Å². The Morgan fingerprint density at radius 2 is 2.32 bits per heavy atom. The molecule has 0 radical (unpaired) electrons. The van der Waals surface area contributed by atoms with E-state index in [0.29, 0.717) is 16.2 Å². The predicted octanol–water partition coefficient (Wildman–Crippen LogP) is 1.63. The Bertz CT molecular complexity index is 763. The summed E-state index contributed by atoms with van der Waals surface area (Å²) in [6.45, 7) is 0. The van der Waals surface area contributed by atoms with E-state index in [-0.39, 0.29) is 11.8 Å². The number of aromatic nitrogens is 4. The molecule has 1 amide bonds. The van der Waals surface area contributed by atoms with Gasteiger partial charge in [0.1, 0.15) is 5.65 Å². The molecule has 7 nitrogen and oxygen atoms in total. The molecule has 3 heterocycles. The van der Waals surface area contributed by atoms with Crippen LogP contribution in [0.15, 0.2) is 22.9 Å². The molecule has 0 aliphatic heterocycles. The summed E-state index contributed by atoms with van der Waals surface area (Å²) in [5.41, 5.74) is 1.15. The maximum absolute atomic E-state index is 11.4. The topological polar surface area (TPSA) is 96.7 Å². The van der Waals surface area contributed by atoms with Crippen molar-refractivity contribution in [2.75, 3.05) is 7.05 Å². The highest BCUT2D eigenvalue weighted by molar-refractivity contribution is 6.37. The average molecular weight is 278 g/mol. The minimum Gasteiger partial charge on any atom is -0.412 e. The van der Waals surface area contributed by atoms with Gasteiger partial charge >= 0.3 is 11.8 Å². The Hall–Kier alpha value is -2.41. The van der Waals surface area contributed by atoms with Gasteiger partial charge in [-0.1, -0.05) is 11.6 Å². The van der Waals surface area contributed by atoms with Crippen molar-refractivity contribution in [3.63, 3.8) is 0 Å². The molecule has 0 fully saturated rings. The molecule has 3 aromatic rings. The number of carbonyl (C=O) groups excluding carboxylic acids is 1. The van der Waals surface area contributed by atoms with Crippen LogP contribution in [-0.4, -0.2) is 33.1 Å². The molecule has 3 aromatic heterocycles. The lowest BCUT2D eigenvalue weighted by atomic mass is 10.2. The fourth-order valence-corrected chi connectivity index (χ4v) is 1.94. The van der Waals surface area contributed by atoms with Crippen LogP contribution in [0.2, 0.25) is 5.02 Å². The molecule has 0 saturated carbocycles. The molecule has 2 N–H and O–H groups in total. The molecule has 0 spiro atoms. The molecule has 0 aliphatic carbocycles. The van der Waals surface area contributed by atoms with Crippen LogP contribution in [0.5, 0.6) is 0 Å². The fourth-order valence-electron chi connectivity index (χ4n) is 1.66. The van der Waals surface area contributed by atoms with Crippen LogP contribution in [-0.2, 0) is 0 Å². The number of pyridine rings is 1. The highest BCUT2D eigenvalue weighted by atomic mass is 35.5. The second kappa shape index (κ2) is 4.36. The Morgan fingerprint density at radius 1 is 1.47 bits per heavy atom. The summed E-state index contributed by atoms with van der Waals surface area (Å²) >= 11 is 6.25. The summed E-state index contributed by atoms with van der Waals surface area (Å²) in [4.78, 5) is 18.5. The van der Waals surface area contributed by atoms with Crippen LogP contribution < -0.4 is 5.32 Å². The quantitative estimate of drug-likeness (QED) is 0.742. The Labute approximate surface area is 112 Å². The van der Waals surface area contributed by atoms with Crippen molar-refractivity contribution in [1.82, 2.24) is 25.5 Å². The zero-order chi connectivity index (χ0) is 13.4. The molecular weight excluding hydrogens is 270 g/mol. The first-order valence-electron chi connectivity index (χ1n) is 5.38. The van der Waals surface area contributed by atoms with Crippen molar-refractivity contribution in [1.29, 1.82) is 0 Å². The van der Waals surface area contributed by atoms with E-state index in [0.717, 1.165) is 5.39 Å². The number of aromatic amines is 1. The van der Waals surface area contributed by atoms with E-state index in [1.807, 2.05) is 0 Å². The summed E-state index contributed by atoms with van der Waals surface area (Å²) in [7, 11) is 1.48. The van der Waals surface area contributed by atoms with Gasteiger partial charge in [-0.2, -0.15) is 0 Å². The molecule has 0 atom stereocenters. The van der Waals surface area contributed by atoms with Crippen LogP contribution in [0.1, 0.15) is 10.7 Å². The number of H-pyrrole nitrogens is 1. The summed E-state index contributed by atoms with van der Waals surface area (Å²) in [5, 5.41) is 11.0. The third-order valence-corrected chi connectivity index (χ3v) is 3.00. The van der Waals surface area contributed by atoms with Gasteiger partial charge in [0.25, 0.3) is 5.89 Å². The van der Waals surface area contributed by atoms with Gasteiger partial charge in [0.2, 0.25) is 0 Å². The SMILES string of the molecule is CNC(=O)c1nnc(-c2cnc3[nH]ccc3c2Cl)o1. The fraction of sp³-hybridized carbons (Fsp3) is 0.0909. The van der Waals surface area contributed by atoms with E-state index in [1.165, 1.54) is 13.2 Å². The molecule has 96 valence electrons. The number of rotatable bonds is 2. The summed E-state index contributed by atoms with van der Waals surface area (Å²) < 4.78 is 5.26. The first kappa shape index (κ1) is 11.7. The summed E-state index contributed by atoms with van der Waals surface area (Å²) in [5.74, 6) is -0.424. The highest BCUT2D eigenvalue weighted by Crippen LogP contribution is 2.31. The Kier molecular flexibility index (Phi) is 2.68. The summed E-state index contributed by atoms with van der Waals surface area (Å²) in [6, 6.07) is 1.80. The van der Waals surface area contributed by atoms with Crippen molar-refractivity contribution in [3.8, 4) is 11.5 Å². The lowest BCUT2D eigenvalue weighted by molar-refractivity contribution is 0.0929. The third-order valence-electron chi connectivity index (χ3n) is 2.60. The molecule has 0 unspecified atom stereocenters. The van der Waals surface area contributed by atoms with Crippen LogP contribution in [0.25, 0.3) is 22.5 Å². The van der Waals surface area contributed by atoms with E-state index < -0.39 is 5.91 Å². The molecular formula is C11H8ClN5O2. The van der Waals surface area contributed by atoms with Gasteiger partial charge in [-0.15, -0.1) is 10.2 Å². The van der Waals surface area contributed by atoms with Gasteiger partial charge < -0.3 is 14.7 Å². The molecule has 0 bridgehead atoms. The first-order valence-corrected chi connectivity index (χ1v) is 5.76. The van der Waals surface area contributed by atoms with Gasteiger partial charge in [-0.3, -0.25) is 4.79 Å². The minimum absolute atomic E-state index is 0.122. The monoisotopic (exact) mass is 277 g/mol. The van der Waals surface area contributed by atoms with Crippen LogP contribution in [0.4, 0.5) is 0 Å². The van der Waals surface area contributed by atoms with E-state index >= 15 is 0 Å². The zero-order valence-electron chi connectivity index (χ0n) is 9.77. The molecule has 0 aromatic carbocycles. The van der Waals surface area contributed by atoms with Crippen molar-refractivity contribution in [2.24, 2.45) is 0 Å². The largest absolute Gasteiger partial charge is 0.412 e. The predicted molar refractivity (Wildman–Crippen MR) is 67.8 cm³/mol. The van der Waals surface area contributed by atoms with E-state index in [4.69, 9.17) is 16.0 Å². The lowest BCUT2D eigenvalue weighted by Gasteiger charge is -1.99. The average Bonchev–Trinajstić information content (AvgIpc) is 3.07. The number of fused-ring (bicyclic) bond motifs is 1. The van der Waals surface area contributed by atoms with Gasteiger partial charge in [0.05, 0.1) is 10.6 Å². The number of halogens is 1. The second-order valence-corrected chi connectivity index (χ2v) is 4.10. The molecule has 3 rings (SSSR count). The van der Waals surface area contributed by atoms with Gasteiger partial charge in [-0.05, 0) is 6.07 Å². The molecule has 0 saturated heterocycles. The minimum atomic E-state index is -0.453. The lowest BCUT2D eigenvalue weighted by Crippen LogP contribution is -2.17. The standard InChI is InChI=1S/C11H8ClN5O2/c1-13-9(18)11-17-16-10(19-11)6-4-15-8-5(7(6)12)2-3-14-8/h2-4H,1H3,(H,13,18)(H,14,15). The van der Waals surface area contributed by atoms with Crippen molar-refractivity contribution in [3.05, 3.63) is 29.4 Å². The summed E-state index contributed by atoms with van der Waals surface area (Å²) in [6.07, 6.45) is 3.25. The molecule has 0 aliphatic rings. The van der Waals surface area contributed by atoms with Crippen molar-refractivity contribution < 1.29 is 9.21 Å². The number of amides is 1. The normalized spacial score (nSPS) is 10.8. The van der Waals surface area contributed by atoms with Crippen LogP contribution in [0, 0.1) is 0 Å². The number of hydrogen-bond acceptors (Lipinski definition) is 5. The zero-order valence-corrected chi connectivity index (χ0v) is 10.5. The van der Waals surface area contributed by atoms with Crippen molar-refractivity contribution >= 4 is 28.5 Å². The van der Waals surface area contributed by atoms with E-state index in [9.17, 15) is 4.79 Å². The Morgan fingerprint density at radius 3 is 3.11 bits per heavy atom. The highest BCUT2D eigenvalue weighted by Gasteiger charge is 2.18. The Balaban J connectivity index is 2.11. The number of nitrogens with zero attached hydrogens (tertiary/aromatic N) is 3. The van der Waals surface area contributed by atoms with Crippen LogP contribution in [0.3, 0.4) is 0 Å². The van der Waals surface area contributed by atoms with E-state index in [2.05, 4.69) is 25.5 Å². The maximum Gasteiger partial charge on any atom is 0.308 e. The van der Waals surface area contributed by atoms with E-state index in [1.54, 1.807) is 12.3 Å². The molecule has 8 heteroatoms. The van der Waals surface area contributed by atoms with Gasteiger partial charge in [0, 0.05) is 24.8 Å². The third kappa shape index (κ3) is 1.84.